The summed E-state index contributed by atoms with van der Waals surface area (Å²) in [6.07, 6.45) is 2.58. The highest BCUT2D eigenvalue weighted by Crippen LogP contribution is 2.25. The van der Waals surface area contributed by atoms with Gasteiger partial charge in [0.15, 0.2) is 0 Å². The average Bonchev–Trinajstić information content (AvgIpc) is 3.11. The molecule has 1 fully saturated rings. The van der Waals surface area contributed by atoms with Crippen molar-refractivity contribution in [1.82, 2.24) is 15.2 Å². The molecular formula is C17H19N3O3. The van der Waals surface area contributed by atoms with Crippen molar-refractivity contribution >= 4 is 28.6 Å². The van der Waals surface area contributed by atoms with E-state index in [1.165, 1.54) is 4.90 Å². The molecule has 23 heavy (non-hydrogen) atoms. The van der Waals surface area contributed by atoms with Gasteiger partial charge in [0, 0.05) is 23.6 Å². The maximum absolute atomic E-state index is 12.9. The molecule has 0 bridgehead atoms. The van der Waals surface area contributed by atoms with Crippen molar-refractivity contribution in [2.24, 2.45) is 0 Å². The lowest BCUT2D eigenvalue weighted by Crippen LogP contribution is -2.44. The molecule has 1 unspecified atom stereocenters. The smallest absolute Gasteiger partial charge is 0.256 e. The Kier molecular flexibility index (Phi) is 3.90. The molecule has 1 aliphatic heterocycles. The van der Waals surface area contributed by atoms with E-state index >= 15 is 0 Å². The first-order valence-electron chi connectivity index (χ1n) is 7.80. The summed E-state index contributed by atoms with van der Waals surface area (Å²) in [4.78, 5) is 40.8. The van der Waals surface area contributed by atoms with E-state index < -0.39 is 11.9 Å². The van der Waals surface area contributed by atoms with Crippen LogP contribution < -0.4 is 5.32 Å². The van der Waals surface area contributed by atoms with Gasteiger partial charge in [0.2, 0.25) is 11.8 Å². The number of nitrogens with zero attached hydrogens (tertiary/aromatic N) is 1. The van der Waals surface area contributed by atoms with Crippen molar-refractivity contribution < 1.29 is 14.4 Å². The molecule has 1 aromatic heterocycles. The Morgan fingerprint density at radius 2 is 2.09 bits per heavy atom. The van der Waals surface area contributed by atoms with E-state index in [2.05, 4.69) is 17.2 Å². The van der Waals surface area contributed by atoms with E-state index in [0.717, 1.165) is 22.9 Å². The molecule has 120 valence electrons. The topological polar surface area (TPSA) is 82.3 Å². The van der Waals surface area contributed by atoms with Crippen molar-refractivity contribution in [3.8, 4) is 0 Å². The molecule has 6 nitrogen and oxygen atoms in total. The van der Waals surface area contributed by atoms with Gasteiger partial charge in [-0.05, 0) is 18.9 Å². The predicted octanol–water partition coefficient (Wildman–Crippen LogP) is 1.61. The molecule has 1 atom stereocenters. The summed E-state index contributed by atoms with van der Waals surface area (Å²) in [7, 11) is 0. The van der Waals surface area contributed by atoms with Crippen LogP contribution in [0.5, 0.6) is 0 Å². The molecule has 1 aliphatic rings. The van der Waals surface area contributed by atoms with E-state index in [4.69, 9.17) is 0 Å². The van der Waals surface area contributed by atoms with Crippen molar-refractivity contribution in [2.45, 2.75) is 32.7 Å². The minimum atomic E-state index is -0.723. The summed E-state index contributed by atoms with van der Waals surface area (Å²) in [6, 6.07) is 5.12. The molecule has 0 saturated carbocycles. The normalized spacial score (nSPS) is 17.6. The Morgan fingerprint density at radius 3 is 2.70 bits per heavy atom. The predicted molar refractivity (Wildman–Crippen MR) is 85.9 cm³/mol. The zero-order valence-electron chi connectivity index (χ0n) is 13.2. The second-order valence-corrected chi connectivity index (χ2v) is 5.62. The Morgan fingerprint density at radius 1 is 1.30 bits per heavy atom. The number of fused-ring (bicyclic) bond motifs is 1. The molecule has 3 rings (SSSR count). The quantitative estimate of drug-likeness (QED) is 0.841. The van der Waals surface area contributed by atoms with Crippen molar-refractivity contribution in [3.05, 3.63) is 35.5 Å². The maximum atomic E-state index is 12.9. The number of likely N-dealkylation sites (N-methyl/N-ethyl adjacent to an activating group) is 1. The molecule has 0 spiro atoms. The van der Waals surface area contributed by atoms with Crippen LogP contribution in [0.1, 0.15) is 36.2 Å². The van der Waals surface area contributed by atoms with E-state index in [1.54, 1.807) is 13.1 Å². The first-order chi connectivity index (χ1) is 11.1. The van der Waals surface area contributed by atoms with Crippen LogP contribution in [-0.2, 0) is 16.0 Å². The van der Waals surface area contributed by atoms with Gasteiger partial charge in [-0.2, -0.15) is 0 Å². The molecule has 0 aliphatic carbocycles. The Bertz CT molecular complexity index is 793. The fourth-order valence-electron chi connectivity index (χ4n) is 3.14. The Balaban J connectivity index is 1.99. The summed E-state index contributed by atoms with van der Waals surface area (Å²) in [5, 5.41) is 3.10. The number of aryl methyl sites for hydroxylation is 1. The standard InChI is InChI=1S/C17H19N3O3/c1-3-10-6-5-7-11-12(9-18-15(10)11)17(23)20(4-2)13-8-14(21)19-16(13)22/h5-7,9,13,18H,3-4,8H2,1-2H3,(H,19,21,22). The van der Waals surface area contributed by atoms with Crippen LogP contribution >= 0.6 is 0 Å². The van der Waals surface area contributed by atoms with Gasteiger partial charge in [-0.25, -0.2) is 0 Å². The van der Waals surface area contributed by atoms with Crippen LogP contribution in [0.25, 0.3) is 10.9 Å². The van der Waals surface area contributed by atoms with Gasteiger partial charge in [0.25, 0.3) is 5.91 Å². The second kappa shape index (κ2) is 5.87. The molecule has 3 amide bonds. The first-order valence-corrected chi connectivity index (χ1v) is 7.80. The van der Waals surface area contributed by atoms with Gasteiger partial charge >= 0.3 is 0 Å². The summed E-state index contributed by atoms with van der Waals surface area (Å²) in [5.41, 5.74) is 2.61. The molecule has 1 aromatic carbocycles. The van der Waals surface area contributed by atoms with Crippen LogP contribution in [0.4, 0.5) is 0 Å². The van der Waals surface area contributed by atoms with E-state index in [-0.39, 0.29) is 18.2 Å². The number of rotatable bonds is 4. The maximum Gasteiger partial charge on any atom is 0.256 e. The van der Waals surface area contributed by atoms with Gasteiger partial charge in [0.05, 0.1) is 12.0 Å². The van der Waals surface area contributed by atoms with E-state index in [1.807, 2.05) is 18.2 Å². The van der Waals surface area contributed by atoms with E-state index in [0.29, 0.717) is 12.1 Å². The van der Waals surface area contributed by atoms with Gasteiger partial charge in [-0.1, -0.05) is 25.1 Å². The number of hydrogen-bond acceptors (Lipinski definition) is 3. The zero-order chi connectivity index (χ0) is 16.6. The fraction of sp³-hybridized carbons (Fsp3) is 0.353. The van der Waals surface area contributed by atoms with Gasteiger partial charge in [-0.15, -0.1) is 0 Å². The van der Waals surface area contributed by atoms with Crippen molar-refractivity contribution in [3.63, 3.8) is 0 Å². The number of hydrogen-bond donors (Lipinski definition) is 2. The molecule has 6 heteroatoms. The highest BCUT2D eigenvalue weighted by molar-refractivity contribution is 6.11. The monoisotopic (exact) mass is 313 g/mol. The molecular weight excluding hydrogens is 294 g/mol. The van der Waals surface area contributed by atoms with Gasteiger partial charge < -0.3 is 9.88 Å². The third-order valence-corrected chi connectivity index (χ3v) is 4.33. The number of H-pyrrole nitrogens is 1. The summed E-state index contributed by atoms with van der Waals surface area (Å²) in [5.74, 6) is -0.973. The number of carbonyl (C=O) groups excluding carboxylic acids is 3. The highest BCUT2D eigenvalue weighted by Gasteiger charge is 2.37. The largest absolute Gasteiger partial charge is 0.360 e. The summed E-state index contributed by atoms with van der Waals surface area (Å²) >= 11 is 0. The molecule has 2 aromatic rings. The van der Waals surface area contributed by atoms with Crippen molar-refractivity contribution in [1.29, 1.82) is 0 Å². The fourth-order valence-corrected chi connectivity index (χ4v) is 3.14. The average molecular weight is 313 g/mol. The lowest BCUT2D eigenvalue weighted by atomic mass is 10.1. The van der Waals surface area contributed by atoms with Gasteiger partial charge in [0.1, 0.15) is 6.04 Å². The molecule has 2 N–H and O–H groups in total. The lowest BCUT2D eigenvalue weighted by Gasteiger charge is -2.25. The van der Waals surface area contributed by atoms with E-state index in [9.17, 15) is 14.4 Å². The third-order valence-electron chi connectivity index (χ3n) is 4.33. The number of aromatic nitrogens is 1. The van der Waals surface area contributed by atoms with Crippen LogP contribution in [0, 0.1) is 0 Å². The second-order valence-electron chi connectivity index (χ2n) is 5.62. The minimum Gasteiger partial charge on any atom is -0.360 e. The Labute approximate surface area is 133 Å². The number of amides is 3. The highest BCUT2D eigenvalue weighted by atomic mass is 16.2. The minimum absolute atomic E-state index is 0.0287. The first kappa shape index (κ1) is 15.3. The van der Waals surface area contributed by atoms with Crippen LogP contribution in [0.3, 0.4) is 0 Å². The third kappa shape index (κ3) is 2.50. The molecule has 0 radical (unpaired) electrons. The van der Waals surface area contributed by atoms with Crippen molar-refractivity contribution in [2.75, 3.05) is 6.54 Å². The SMILES string of the molecule is CCc1cccc2c(C(=O)N(CC)C3CC(=O)NC3=O)c[nH]c12. The summed E-state index contributed by atoms with van der Waals surface area (Å²) < 4.78 is 0. The number of nitrogens with one attached hydrogen (secondary N) is 2. The summed E-state index contributed by atoms with van der Waals surface area (Å²) in [6.45, 7) is 4.23. The number of imide groups is 1. The van der Waals surface area contributed by atoms with Gasteiger partial charge in [-0.3, -0.25) is 19.7 Å². The molecule has 1 saturated heterocycles. The number of aromatic amines is 1. The van der Waals surface area contributed by atoms with Crippen LogP contribution in [0.2, 0.25) is 0 Å². The zero-order valence-corrected chi connectivity index (χ0v) is 13.2. The molecule has 2 heterocycles. The number of benzene rings is 1. The van der Waals surface area contributed by atoms with Crippen LogP contribution in [0.15, 0.2) is 24.4 Å². The lowest BCUT2D eigenvalue weighted by molar-refractivity contribution is -0.126. The number of carbonyl (C=O) groups is 3. The van der Waals surface area contributed by atoms with Crippen LogP contribution in [-0.4, -0.2) is 40.2 Å². The number of para-hydroxylation sites is 1. The Hall–Kier alpha value is -2.63.